The molecule has 0 spiro atoms. The van der Waals surface area contributed by atoms with Crippen molar-refractivity contribution in [3.8, 4) is 0 Å². The van der Waals surface area contributed by atoms with Crippen LogP contribution in [-0.4, -0.2) is 52.1 Å². The Morgan fingerprint density at radius 3 is 2.72 bits per heavy atom. The van der Waals surface area contributed by atoms with E-state index in [2.05, 4.69) is 5.32 Å². The van der Waals surface area contributed by atoms with E-state index in [0.29, 0.717) is 18.2 Å². The van der Waals surface area contributed by atoms with Crippen LogP contribution in [0.2, 0.25) is 0 Å². The van der Waals surface area contributed by atoms with Crippen molar-refractivity contribution in [2.45, 2.75) is 37.7 Å². The van der Waals surface area contributed by atoms with Gasteiger partial charge in [0, 0.05) is 6.54 Å². The predicted octanol–water partition coefficient (Wildman–Crippen LogP) is 0.331. The molecule has 2 rings (SSSR count). The van der Waals surface area contributed by atoms with Gasteiger partial charge in [0.05, 0.1) is 17.2 Å². The third-order valence-corrected chi connectivity index (χ3v) is 4.50. The van der Waals surface area contributed by atoms with Crippen LogP contribution in [0.25, 0.3) is 0 Å². The van der Waals surface area contributed by atoms with Crippen LogP contribution in [0.15, 0.2) is 0 Å². The fraction of sp³-hybridized carbons (Fsp3) is 0.833. The molecule has 2 N–H and O–H groups in total. The molecule has 102 valence electrons. The average molecular weight is 272 g/mol. The topological polar surface area (TPSA) is 69.6 Å². The number of rotatable bonds is 4. The number of amides is 2. The molecule has 0 aromatic heterocycles. The second kappa shape index (κ2) is 5.93. The molecule has 5 nitrogen and oxygen atoms in total. The number of carbonyl (C=O) groups is 2. The smallest absolute Gasteiger partial charge is 0.239 e. The van der Waals surface area contributed by atoms with E-state index in [9.17, 15) is 14.7 Å². The Hall–Kier alpha value is -0.750. The second-order valence-corrected chi connectivity index (χ2v) is 6.09. The average Bonchev–Trinajstić information content (AvgIpc) is 2.74. The van der Waals surface area contributed by atoms with Crippen LogP contribution in [0.4, 0.5) is 0 Å². The first-order chi connectivity index (χ1) is 8.59. The van der Waals surface area contributed by atoms with Gasteiger partial charge < -0.3 is 15.3 Å². The summed E-state index contributed by atoms with van der Waals surface area (Å²) < 4.78 is 0. The maximum Gasteiger partial charge on any atom is 0.239 e. The van der Waals surface area contributed by atoms with Gasteiger partial charge in [0.15, 0.2) is 0 Å². The highest BCUT2D eigenvalue weighted by atomic mass is 32.2. The molecule has 1 aliphatic heterocycles. The number of hydrogen-bond acceptors (Lipinski definition) is 4. The van der Waals surface area contributed by atoms with Gasteiger partial charge in [0.1, 0.15) is 6.54 Å². The van der Waals surface area contributed by atoms with E-state index in [0.717, 1.165) is 32.1 Å². The van der Waals surface area contributed by atoms with E-state index in [1.165, 1.54) is 11.8 Å². The Balaban J connectivity index is 1.72. The molecule has 1 saturated carbocycles. The Kier molecular flexibility index (Phi) is 4.50. The molecule has 0 atom stereocenters. The van der Waals surface area contributed by atoms with Crippen LogP contribution in [0.5, 0.6) is 0 Å². The minimum Gasteiger partial charge on any atom is -0.388 e. The summed E-state index contributed by atoms with van der Waals surface area (Å²) in [5, 5.41) is 13.0. The quantitative estimate of drug-likeness (QED) is 0.774. The first kappa shape index (κ1) is 13.7. The first-order valence-corrected chi connectivity index (χ1v) is 7.59. The molecule has 0 aromatic rings. The van der Waals surface area contributed by atoms with Crippen molar-refractivity contribution in [3.63, 3.8) is 0 Å². The van der Waals surface area contributed by atoms with E-state index >= 15 is 0 Å². The summed E-state index contributed by atoms with van der Waals surface area (Å²) in [5.41, 5.74) is -0.738. The van der Waals surface area contributed by atoms with Crippen molar-refractivity contribution in [3.05, 3.63) is 0 Å². The lowest BCUT2D eigenvalue weighted by molar-refractivity contribution is -0.132. The normalized spacial score (nSPS) is 23.2. The largest absolute Gasteiger partial charge is 0.388 e. The number of nitrogens with one attached hydrogen (secondary N) is 1. The highest BCUT2D eigenvalue weighted by Gasteiger charge is 2.30. The van der Waals surface area contributed by atoms with Crippen LogP contribution in [0.1, 0.15) is 32.1 Å². The van der Waals surface area contributed by atoms with Gasteiger partial charge in [-0.05, 0) is 12.8 Å². The Morgan fingerprint density at radius 1 is 1.39 bits per heavy atom. The van der Waals surface area contributed by atoms with Crippen LogP contribution < -0.4 is 5.32 Å². The number of hydrogen-bond donors (Lipinski definition) is 2. The van der Waals surface area contributed by atoms with Gasteiger partial charge in [0.2, 0.25) is 11.8 Å². The van der Waals surface area contributed by atoms with Crippen molar-refractivity contribution in [1.82, 2.24) is 10.2 Å². The lowest BCUT2D eigenvalue weighted by Gasteiger charge is -2.32. The number of nitrogens with zero attached hydrogens (tertiary/aromatic N) is 1. The fourth-order valence-corrected chi connectivity index (χ4v) is 3.32. The number of aliphatic hydroxyl groups is 1. The molecule has 2 fully saturated rings. The lowest BCUT2D eigenvalue weighted by Crippen LogP contribution is -2.47. The summed E-state index contributed by atoms with van der Waals surface area (Å²) in [4.78, 5) is 24.6. The van der Waals surface area contributed by atoms with E-state index < -0.39 is 5.60 Å². The van der Waals surface area contributed by atoms with Crippen LogP contribution in [0.3, 0.4) is 0 Å². The standard InChI is InChI=1S/C12H20N2O3S/c15-10(6-14-9-18-7-11(14)16)13-8-12(17)4-2-1-3-5-12/h17H,1-9H2,(H,13,15). The maximum absolute atomic E-state index is 11.7. The van der Waals surface area contributed by atoms with Gasteiger partial charge in [0.25, 0.3) is 0 Å². The molecule has 1 aliphatic carbocycles. The SMILES string of the molecule is O=C(CN1CSCC1=O)NCC1(O)CCCCC1. The second-order valence-electron chi connectivity index (χ2n) is 5.13. The zero-order valence-electron chi connectivity index (χ0n) is 10.5. The summed E-state index contributed by atoms with van der Waals surface area (Å²) in [5.74, 6) is 0.907. The van der Waals surface area contributed by atoms with Crippen LogP contribution in [-0.2, 0) is 9.59 Å². The molecular formula is C12H20N2O3S. The third-order valence-electron chi connectivity index (χ3n) is 3.56. The summed E-state index contributed by atoms with van der Waals surface area (Å²) in [6.45, 7) is 0.420. The third kappa shape index (κ3) is 3.62. The summed E-state index contributed by atoms with van der Waals surface area (Å²) in [7, 11) is 0. The van der Waals surface area contributed by atoms with Crippen molar-refractivity contribution >= 4 is 23.6 Å². The summed E-state index contributed by atoms with van der Waals surface area (Å²) in [6, 6.07) is 0. The maximum atomic E-state index is 11.7. The minimum absolute atomic E-state index is 0.0199. The Bertz CT molecular complexity index is 329. The van der Waals surface area contributed by atoms with E-state index in [4.69, 9.17) is 0 Å². The molecular weight excluding hydrogens is 252 g/mol. The van der Waals surface area contributed by atoms with E-state index in [1.807, 2.05) is 0 Å². The minimum atomic E-state index is -0.738. The Labute approximate surface area is 111 Å². The molecule has 2 amide bonds. The molecule has 18 heavy (non-hydrogen) atoms. The zero-order chi connectivity index (χ0) is 13.0. The van der Waals surface area contributed by atoms with Crippen molar-refractivity contribution in [2.24, 2.45) is 0 Å². The lowest BCUT2D eigenvalue weighted by atomic mass is 9.85. The molecule has 2 aliphatic rings. The van der Waals surface area contributed by atoms with E-state index in [-0.39, 0.29) is 18.4 Å². The molecule has 6 heteroatoms. The Morgan fingerprint density at radius 2 is 2.11 bits per heavy atom. The van der Waals surface area contributed by atoms with Gasteiger partial charge in [-0.15, -0.1) is 11.8 Å². The van der Waals surface area contributed by atoms with Gasteiger partial charge in [-0.25, -0.2) is 0 Å². The van der Waals surface area contributed by atoms with Gasteiger partial charge in [-0.1, -0.05) is 19.3 Å². The van der Waals surface area contributed by atoms with Crippen molar-refractivity contribution in [2.75, 3.05) is 24.7 Å². The van der Waals surface area contributed by atoms with Gasteiger partial charge in [-0.2, -0.15) is 0 Å². The molecule has 1 heterocycles. The number of thioether (sulfide) groups is 1. The fourth-order valence-electron chi connectivity index (χ4n) is 2.42. The highest BCUT2D eigenvalue weighted by molar-refractivity contribution is 8.00. The summed E-state index contributed by atoms with van der Waals surface area (Å²) in [6.07, 6.45) is 4.72. The van der Waals surface area contributed by atoms with E-state index in [1.54, 1.807) is 4.90 Å². The van der Waals surface area contributed by atoms with Gasteiger partial charge >= 0.3 is 0 Å². The van der Waals surface area contributed by atoms with Gasteiger partial charge in [-0.3, -0.25) is 9.59 Å². The molecule has 0 radical (unpaired) electrons. The monoisotopic (exact) mass is 272 g/mol. The van der Waals surface area contributed by atoms with Crippen LogP contribution >= 0.6 is 11.8 Å². The zero-order valence-corrected chi connectivity index (χ0v) is 11.3. The molecule has 0 bridgehead atoms. The molecule has 1 saturated heterocycles. The predicted molar refractivity (Wildman–Crippen MR) is 70.1 cm³/mol. The van der Waals surface area contributed by atoms with Crippen LogP contribution in [0, 0.1) is 0 Å². The van der Waals surface area contributed by atoms with Crippen molar-refractivity contribution < 1.29 is 14.7 Å². The first-order valence-electron chi connectivity index (χ1n) is 6.44. The molecule has 0 aromatic carbocycles. The number of carbonyl (C=O) groups excluding carboxylic acids is 2. The molecule has 0 unspecified atom stereocenters. The van der Waals surface area contributed by atoms with Crippen molar-refractivity contribution in [1.29, 1.82) is 0 Å². The highest BCUT2D eigenvalue weighted by Crippen LogP contribution is 2.27. The summed E-state index contributed by atoms with van der Waals surface area (Å²) >= 11 is 1.52.